The van der Waals surface area contributed by atoms with E-state index in [2.05, 4.69) is 10.3 Å². The van der Waals surface area contributed by atoms with Crippen molar-refractivity contribution < 1.29 is 22.7 Å². The van der Waals surface area contributed by atoms with E-state index in [1.165, 1.54) is 35.6 Å². The van der Waals surface area contributed by atoms with Crippen molar-refractivity contribution in [2.45, 2.75) is 25.8 Å². The van der Waals surface area contributed by atoms with E-state index in [9.17, 15) is 27.5 Å². The number of carbonyl (C=O) groups is 1. The smallest absolute Gasteiger partial charge is 0.296 e. The molecule has 1 aromatic carbocycles. The molecule has 1 fully saturated rings. The van der Waals surface area contributed by atoms with Gasteiger partial charge in [0.2, 0.25) is 15.8 Å². The zero-order valence-corrected chi connectivity index (χ0v) is 17.3. The quantitative estimate of drug-likeness (QED) is 0.678. The number of carbonyl (C=O) groups excluding carboxylic acids is 1. The van der Waals surface area contributed by atoms with Gasteiger partial charge in [0.15, 0.2) is 5.69 Å². The van der Waals surface area contributed by atoms with E-state index < -0.39 is 38.8 Å². The van der Waals surface area contributed by atoms with E-state index in [0.29, 0.717) is 18.5 Å². The molecule has 1 aromatic heterocycles. The van der Waals surface area contributed by atoms with E-state index in [-0.39, 0.29) is 31.1 Å². The van der Waals surface area contributed by atoms with Gasteiger partial charge in [0.1, 0.15) is 11.6 Å². The summed E-state index contributed by atoms with van der Waals surface area (Å²) in [7, 11) is -1.93. The molecule has 0 saturated carbocycles. The van der Waals surface area contributed by atoms with Crippen LogP contribution in [0.3, 0.4) is 0 Å². The first-order valence-corrected chi connectivity index (χ1v) is 11.1. The van der Waals surface area contributed by atoms with Crippen LogP contribution >= 0.6 is 0 Å². The maximum Gasteiger partial charge on any atom is 0.296 e. The molecule has 0 atom stereocenters. The van der Waals surface area contributed by atoms with Gasteiger partial charge < -0.3 is 10.4 Å². The molecule has 11 heteroatoms. The minimum absolute atomic E-state index is 0.0524. The molecular weight excluding hydrogens is 415 g/mol. The van der Waals surface area contributed by atoms with Gasteiger partial charge in [-0.15, -0.1) is 0 Å². The lowest BCUT2D eigenvalue weighted by atomic mass is 10.2. The standard InChI is InChI=1S/C19H23FN4O5S/c1-23-15(8-10-24-9-2-3-11-30(24,28)29)22-16(17(25)19(23)27)18(26)21-12-13-4-6-14(20)7-5-13/h4-7,25H,2-3,8-12H2,1H3,(H,21,26). The zero-order chi connectivity index (χ0) is 21.9. The first-order chi connectivity index (χ1) is 14.2. The van der Waals surface area contributed by atoms with Crippen LogP contribution in [0.2, 0.25) is 0 Å². The number of halogens is 1. The van der Waals surface area contributed by atoms with Crippen LogP contribution in [0.1, 0.15) is 34.7 Å². The van der Waals surface area contributed by atoms with Gasteiger partial charge in [0, 0.05) is 33.1 Å². The number of aromatic nitrogens is 2. The highest BCUT2D eigenvalue weighted by Gasteiger charge is 2.26. The van der Waals surface area contributed by atoms with Crippen molar-refractivity contribution in [2.24, 2.45) is 7.05 Å². The predicted octanol–water partition coefficient (Wildman–Crippen LogP) is 0.523. The fraction of sp³-hybridized carbons (Fsp3) is 0.421. The van der Waals surface area contributed by atoms with Crippen LogP contribution in [0.5, 0.6) is 5.75 Å². The van der Waals surface area contributed by atoms with Crippen LogP contribution in [0.4, 0.5) is 4.39 Å². The molecule has 0 spiro atoms. The zero-order valence-electron chi connectivity index (χ0n) is 16.5. The Kier molecular flexibility index (Phi) is 6.52. The normalized spacial score (nSPS) is 16.3. The molecule has 1 aliphatic heterocycles. The van der Waals surface area contributed by atoms with E-state index >= 15 is 0 Å². The molecule has 2 N–H and O–H groups in total. The number of amides is 1. The lowest BCUT2D eigenvalue weighted by molar-refractivity contribution is 0.0941. The average Bonchev–Trinajstić information content (AvgIpc) is 2.71. The number of aromatic hydroxyl groups is 1. The lowest BCUT2D eigenvalue weighted by Crippen LogP contribution is -2.40. The van der Waals surface area contributed by atoms with E-state index in [0.717, 1.165) is 11.0 Å². The molecule has 1 aliphatic rings. The largest absolute Gasteiger partial charge is 0.501 e. The van der Waals surface area contributed by atoms with Crippen LogP contribution in [0, 0.1) is 5.82 Å². The molecule has 162 valence electrons. The fourth-order valence-electron chi connectivity index (χ4n) is 3.20. The number of sulfonamides is 1. The van der Waals surface area contributed by atoms with Crippen molar-refractivity contribution in [3.63, 3.8) is 0 Å². The van der Waals surface area contributed by atoms with E-state index in [1.807, 2.05) is 0 Å². The predicted molar refractivity (Wildman–Crippen MR) is 107 cm³/mol. The highest BCUT2D eigenvalue weighted by molar-refractivity contribution is 7.89. The van der Waals surface area contributed by atoms with Crippen LogP contribution in [0.25, 0.3) is 0 Å². The summed E-state index contributed by atoms with van der Waals surface area (Å²) in [5.74, 6) is -1.68. The SMILES string of the molecule is Cn1c(CCN2CCCCS2(=O)=O)nc(C(=O)NCc2ccc(F)cc2)c(O)c1=O. The minimum atomic E-state index is -3.33. The molecule has 9 nitrogen and oxygen atoms in total. The number of benzene rings is 1. The van der Waals surface area contributed by atoms with E-state index in [4.69, 9.17) is 0 Å². The van der Waals surface area contributed by atoms with Gasteiger partial charge in [-0.05, 0) is 30.5 Å². The number of rotatable bonds is 6. The topological polar surface area (TPSA) is 122 Å². The van der Waals surface area contributed by atoms with Crippen LogP contribution < -0.4 is 10.9 Å². The Labute approximate surface area is 173 Å². The van der Waals surface area contributed by atoms with Crippen molar-refractivity contribution in [1.82, 2.24) is 19.2 Å². The molecule has 2 aromatic rings. The summed E-state index contributed by atoms with van der Waals surface area (Å²) < 4.78 is 39.7. The lowest BCUT2D eigenvalue weighted by Gasteiger charge is -2.26. The van der Waals surface area contributed by atoms with Crippen molar-refractivity contribution in [3.05, 3.63) is 57.5 Å². The Balaban J connectivity index is 1.76. The monoisotopic (exact) mass is 438 g/mol. The second-order valence-corrected chi connectivity index (χ2v) is 9.16. The number of hydrogen-bond donors (Lipinski definition) is 2. The van der Waals surface area contributed by atoms with Crippen LogP contribution in [0.15, 0.2) is 29.1 Å². The van der Waals surface area contributed by atoms with Crippen molar-refractivity contribution >= 4 is 15.9 Å². The molecule has 30 heavy (non-hydrogen) atoms. The Morgan fingerprint density at radius 2 is 1.97 bits per heavy atom. The Hall–Kier alpha value is -2.79. The Bertz CT molecular complexity index is 1100. The number of nitrogens with one attached hydrogen (secondary N) is 1. The molecule has 0 radical (unpaired) electrons. The Morgan fingerprint density at radius 1 is 1.27 bits per heavy atom. The van der Waals surface area contributed by atoms with Crippen molar-refractivity contribution in [2.75, 3.05) is 18.8 Å². The second-order valence-electron chi connectivity index (χ2n) is 7.07. The summed E-state index contributed by atoms with van der Waals surface area (Å²) in [6, 6.07) is 5.50. The number of hydrogen-bond acceptors (Lipinski definition) is 6. The first-order valence-electron chi connectivity index (χ1n) is 9.48. The maximum atomic E-state index is 13.0. The van der Waals surface area contributed by atoms with Gasteiger partial charge in [-0.25, -0.2) is 22.1 Å². The van der Waals surface area contributed by atoms with Gasteiger partial charge >= 0.3 is 0 Å². The molecule has 0 unspecified atom stereocenters. The molecule has 3 rings (SSSR count). The van der Waals surface area contributed by atoms with Crippen LogP contribution in [-0.2, 0) is 30.0 Å². The van der Waals surface area contributed by atoms with Crippen molar-refractivity contribution in [1.29, 1.82) is 0 Å². The molecule has 1 saturated heterocycles. The fourth-order valence-corrected chi connectivity index (χ4v) is 4.80. The average molecular weight is 438 g/mol. The van der Waals surface area contributed by atoms with Gasteiger partial charge in [0.25, 0.3) is 11.5 Å². The summed E-state index contributed by atoms with van der Waals surface area (Å²) in [6.45, 7) is 0.584. The molecule has 2 heterocycles. The minimum Gasteiger partial charge on any atom is -0.501 e. The summed E-state index contributed by atoms with van der Waals surface area (Å²) in [5.41, 5.74) is -0.603. The second kappa shape index (κ2) is 8.92. The summed E-state index contributed by atoms with van der Waals surface area (Å²) in [4.78, 5) is 28.9. The first kappa shape index (κ1) is 21.9. The van der Waals surface area contributed by atoms with Gasteiger partial charge in [-0.3, -0.25) is 14.2 Å². The molecular formula is C19H23FN4O5S. The highest BCUT2D eigenvalue weighted by atomic mass is 32.2. The summed E-state index contributed by atoms with van der Waals surface area (Å²) in [6.07, 6.45) is 1.49. The third-order valence-corrected chi connectivity index (χ3v) is 6.94. The third kappa shape index (κ3) is 4.85. The summed E-state index contributed by atoms with van der Waals surface area (Å²) >= 11 is 0. The molecule has 0 aliphatic carbocycles. The Morgan fingerprint density at radius 3 is 2.63 bits per heavy atom. The van der Waals surface area contributed by atoms with E-state index in [1.54, 1.807) is 0 Å². The molecule has 0 bridgehead atoms. The van der Waals surface area contributed by atoms with Gasteiger partial charge in [0.05, 0.1) is 5.75 Å². The third-order valence-electron chi connectivity index (χ3n) is 4.98. The maximum absolute atomic E-state index is 13.0. The number of nitrogens with zero attached hydrogens (tertiary/aromatic N) is 3. The van der Waals surface area contributed by atoms with Gasteiger partial charge in [-0.2, -0.15) is 0 Å². The van der Waals surface area contributed by atoms with Crippen LogP contribution in [-0.4, -0.2) is 52.1 Å². The molecule has 1 amide bonds. The van der Waals surface area contributed by atoms with Crippen molar-refractivity contribution in [3.8, 4) is 5.75 Å². The van der Waals surface area contributed by atoms with Gasteiger partial charge in [-0.1, -0.05) is 12.1 Å². The highest BCUT2D eigenvalue weighted by Crippen LogP contribution is 2.15. The summed E-state index contributed by atoms with van der Waals surface area (Å²) in [5, 5.41) is 12.6.